The van der Waals surface area contributed by atoms with Crippen LogP contribution in [0.2, 0.25) is 0 Å². The Bertz CT molecular complexity index is 509. The molecule has 2 aromatic rings. The molecule has 1 unspecified atom stereocenters. The maximum Gasteiger partial charge on any atom is 0.109 e. The van der Waals surface area contributed by atoms with E-state index in [1.54, 1.807) is 0 Å². The van der Waals surface area contributed by atoms with E-state index < -0.39 is 0 Å². The molecule has 0 radical (unpaired) electrons. The molecule has 0 aliphatic heterocycles. The zero-order chi connectivity index (χ0) is 12.4. The highest BCUT2D eigenvalue weighted by atomic mass is 15.1. The molecule has 0 aliphatic rings. The van der Waals surface area contributed by atoms with Gasteiger partial charge in [0.2, 0.25) is 0 Å². The first kappa shape index (κ1) is 12.1. The van der Waals surface area contributed by atoms with Crippen LogP contribution in [0.1, 0.15) is 37.6 Å². The molecule has 17 heavy (non-hydrogen) atoms. The monoisotopic (exact) mass is 231 g/mol. The van der Waals surface area contributed by atoms with Gasteiger partial charge in [0.05, 0.1) is 11.0 Å². The summed E-state index contributed by atoms with van der Waals surface area (Å²) in [6, 6.07) is 6.54. The minimum atomic E-state index is 0.450. The van der Waals surface area contributed by atoms with Crippen molar-refractivity contribution >= 4 is 11.0 Å². The van der Waals surface area contributed by atoms with Gasteiger partial charge in [-0.1, -0.05) is 19.9 Å². The summed E-state index contributed by atoms with van der Waals surface area (Å²) in [5.41, 5.74) is 9.40. The van der Waals surface area contributed by atoms with Gasteiger partial charge in [0, 0.05) is 13.5 Å². The zero-order valence-corrected chi connectivity index (χ0v) is 10.9. The first-order valence-corrected chi connectivity index (χ1v) is 6.36. The number of benzene rings is 1. The predicted octanol–water partition coefficient (Wildman–Crippen LogP) is 2.59. The highest BCUT2D eigenvalue weighted by Crippen LogP contribution is 2.23. The fraction of sp³-hybridized carbons (Fsp3) is 0.500. The summed E-state index contributed by atoms with van der Waals surface area (Å²) >= 11 is 0. The van der Waals surface area contributed by atoms with Crippen LogP contribution in [0.5, 0.6) is 0 Å². The van der Waals surface area contributed by atoms with Crippen LogP contribution in [0.4, 0.5) is 0 Å². The van der Waals surface area contributed by atoms with E-state index in [0.29, 0.717) is 12.5 Å². The number of hydrogen-bond donors (Lipinski definition) is 1. The molecule has 1 atom stereocenters. The van der Waals surface area contributed by atoms with Crippen LogP contribution >= 0.6 is 0 Å². The van der Waals surface area contributed by atoms with E-state index in [4.69, 9.17) is 5.73 Å². The summed E-state index contributed by atoms with van der Waals surface area (Å²) in [5, 5.41) is 0. The number of nitrogens with two attached hydrogens (primary N) is 1. The minimum absolute atomic E-state index is 0.450. The van der Waals surface area contributed by atoms with Crippen molar-refractivity contribution in [1.82, 2.24) is 9.55 Å². The molecule has 1 aromatic heterocycles. The average molecular weight is 231 g/mol. The van der Waals surface area contributed by atoms with Crippen molar-refractivity contribution in [2.24, 2.45) is 12.8 Å². The molecular weight excluding hydrogens is 210 g/mol. The van der Waals surface area contributed by atoms with E-state index in [0.717, 1.165) is 24.2 Å². The normalized spacial score (nSPS) is 13.2. The van der Waals surface area contributed by atoms with Crippen LogP contribution in [-0.2, 0) is 13.5 Å². The first-order valence-electron chi connectivity index (χ1n) is 6.36. The third kappa shape index (κ3) is 2.07. The van der Waals surface area contributed by atoms with Gasteiger partial charge >= 0.3 is 0 Å². The van der Waals surface area contributed by atoms with Crippen molar-refractivity contribution in [3.8, 4) is 0 Å². The third-order valence-corrected chi connectivity index (χ3v) is 3.56. The van der Waals surface area contributed by atoms with Gasteiger partial charge in [-0.2, -0.15) is 0 Å². The molecule has 0 amide bonds. The van der Waals surface area contributed by atoms with Crippen molar-refractivity contribution in [3.63, 3.8) is 0 Å². The van der Waals surface area contributed by atoms with Crippen LogP contribution in [0, 0.1) is 0 Å². The molecule has 0 fully saturated rings. The predicted molar refractivity (Wildman–Crippen MR) is 72.2 cm³/mol. The van der Waals surface area contributed by atoms with E-state index >= 15 is 0 Å². The Morgan fingerprint density at radius 3 is 2.71 bits per heavy atom. The second-order valence-corrected chi connectivity index (χ2v) is 4.53. The van der Waals surface area contributed by atoms with Crippen LogP contribution < -0.4 is 5.73 Å². The fourth-order valence-corrected chi connectivity index (χ4v) is 2.38. The van der Waals surface area contributed by atoms with E-state index in [9.17, 15) is 0 Å². The summed E-state index contributed by atoms with van der Waals surface area (Å²) in [4.78, 5) is 4.66. The highest BCUT2D eigenvalue weighted by Gasteiger charge is 2.11. The Kier molecular flexibility index (Phi) is 3.48. The van der Waals surface area contributed by atoms with Gasteiger partial charge in [0.1, 0.15) is 5.82 Å². The van der Waals surface area contributed by atoms with Gasteiger partial charge < -0.3 is 10.3 Å². The van der Waals surface area contributed by atoms with Gasteiger partial charge in [0.15, 0.2) is 0 Å². The smallest absolute Gasteiger partial charge is 0.109 e. The summed E-state index contributed by atoms with van der Waals surface area (Å²) in [6.07, 6.45) is 2.05. The van der Waals surface area contributed by atoms with Crippen molar-refractivity contribution in [3.05, 3.63) is 29.6 Å². The Morgan fingerprint density at radius 1 is 1.35 bits per heavy atom. The largest absolute Gasteiger partial charge is 0.331 e. The Hall–Kier alpha value is -1.35. The zero-order valence-electron chi connectivity index (χ0n) is 10.9. The number of imidazole rings is 1. The van der Waals surface area contributed by atoms with E-state index in [-0.39, 0.29) is 0 Å². The molecule has 2 N–H and O–H groups in total. The summed E-state index contributed by atoms with van der Waals surface area (Å²) in [6.45, 7) is 5.02. The van der Waals surface area contributed by atoms with Crippen molar-refractivity contribution in [2.75, 3.05) is 6.54 Å². The number of aromatic nitrogens is 2. The Balaban J connectivity index is 2.50. The molecular formula is C14H21N3. The quantitative estimate of drug-likeness (QED) is 0.879. The van der Waals surface area contributed by atoms with Gasteiger partial charge in [-0.25, -0.2) is 4.98 Å². The van der Waals surface area contributed by atoms with E-state index in [1.165, 1.54) is 11.1 Å². The second kappa shape index (κ2) is 4.88. The molecule has 2 rings (SSSR count). The van der Waals surface area contributed by atoms with Crippen LogP contribution in [0.25, 0.3) is 11.0 Å². The maximum absolute atomic E-state index is 5.80. The number of fused-ring (bicyclic) bond motifs is 1. The Labute approximate surface area is 103 Å². The molecule has 0 aliphatic carbocycles. The van der Waals surface area contributed by atoms with Gasteiger partial charge in [-0.05, 0) is 36.6 Å². The van der Waals surface area contributed by atoms with Crippen molar-refractivity contribution < 1.29 is 0 Å². The van der Waals surface area contributed by atoms with Crippen molar-refractivity contribution in [1.29, 1.82) is 0 Å². The number of hydrogen-bond acceptors (Lipinski definition) is 2. The summed E-state index contributed by atoms with van der Waals surface area (Å²) in [7, 11) is 2.08. The Morgan fingerprint density at radius 2 is 2.12 bits per heavy atom. The van der Waals surface area contributed by atoms with Crippen LogP contribution in [0.15, 0.2) is 18.2 Å². The van der Waals surface area contributed by atoms with E-state index in [2.05, 4.69) is 48.6 Å². The van der Waals surface area contributed by atoms with Gasteiger partial charge in [-0.15, -0.1) is 0 Å². The average Bonchev–Trinajstić information content (AvgIpc) is 2.67. The van der Waals surface area contributed by atoms with E-state index in [1.807, 2.05) is 0 Å². The molecule has 92 valence electrons. The lowest BCUT2D eigenvalue weighted by Crippen LogP contribution is -2.11. The lowest BCUT2D eigenvalue weighted by molar-refractivity contribution is 0.675. The summed E-state index contributed by atoms with van der Waals surface area (Å²) < 4.78 is 2.17. The third-order valence-electron chi connectivity index (χ3n) is 3.56. The molecule has 3 heteroatoms. The van der Waals surface area contributed by atoms with Crippen LogP contribution in [-0.4, -0.2) is 16.1 Å². The number of aryl methyl sites for hydroxylation is 2. The van der Waals surface area contributed by atoms with Gasteiger partial charge in [-0.3, -0.25) is 0 Å². The molecule has 1 aromatic carbocycles. The van der Waals surface area contributed by atoms with Gasteiger partial charge in [0.25, 0.3) is 0 Å². The standard InChI is InChI=1S/C14H21N3/c1-4-10(9-15)11-6-7-13-12(8-11)16-14(5-2)17(13)3/h6-8,10H,4-5,9,15H2,1-3H3. The molecule has 3 nitrogen and oxygen atoms in total. The molecule has 0 spiro atoms. The molecule has 1 heterocycles. The summed E-state index contributed by atoms with van der Waals surface area (Å²) in [5.74, 6) is 1.59. The van der Waals surface area contributed by atoms with Crippen LogP contribution in [0.3, 0.4) is 0 Å². The minimum Gasteiger partial charge on any atom is -0.331 e. The topological polar surface area (TPSA) is 43.8 Å². The highest BCUT2D eigenvalue weighted by molar-refractivity contribution is 5.77. The maximum atomic E-state index is 5.80. The number of rotatable bonds is 4. The SMILES string of the molecule is CCc1nc2cc(C(CC)CN)ccc2n1C. The lowest BCUT2D eigenvalue weighted by atomic mass is 9.96. The fourth-order valence-electron chi connectivity index (χ4n) is 2.38. The number of nitrogens with zero attached hydrogens (tertiary/aromatic N) is 2. The molecule has 0 saturated carbocycles. The first-order chi connectivity index (χ1) is 8.21. The lowest BCUT2D eigenvalue weighted by Gasteiger charge is -2.12. The second-order valence-electron chi connectivity index (χ2n) is 4.53. The molecule has 0 bridgehead atoms. The molecule has 0 saturated heterocycles. The van der Waals surface area contributed by atoms with Crippen molar-refractivity contribution in [2.45, 2.75) is 32.6 Å².